The molecule has 5 nitrogen and oxygen atoms in total. The average molecular weight is 374 g/mol. The molecule has 2 aliphatic heterocycles. The average Bonchev–Trinajstić information content (AvgIpc) is 3.15. The fourth-order valence-electron chi connectivity index (χ4n) is 4.49. The minimum Gasteiger partial charge on any atom is -0.384 e. The van der Waals surface area contributed by atoms with Crippen LogP contribution in [-0.4, -0.2) is 64.0 Å². The van der Waals surface area contributed by atoms with Crippen molar-refractivity contribution >= 4 is 5.96 Å². The Morgan fingerprint density at radius 3 is 2.81 bits per heavy atom. The van der Waals surface area contributed by atoms with Crippen LogP contribution in [0.25, 0.3) is 0 Å². The Morgan fingerprint density at radius 1 is 1.33 bits per heavy atom. The van der Waals surface area contributed by atoms with Crippen LogP contribution >= 0.6 is 0 Å². The maximum atomic E-state index is 5.69. The van der Waals surface area contributed by atoms with Crippen molar-refractivity contribution < 1.29 is 9.47 Å². The van der Waals surface area contributed by atoms with Crippen LogP contribution in [0.1, 0.15) is 37.3 Å². The van der Waals surface area contributed by atoms with E-state index in [4.69, 9.17) is 14.5 Å². The Balaban J connectivity index is 1.80. The van der Waals surface area contributed by atoms with Crippen LogP contribution in [0.15, 0.2) is 29.3 Å². The third-order valence-corrected chi connectivity index (χ3v) is 6.02. The van der Waals surface area contributed by atoms with Gasteiger partial charge in [-0.2, -0.15) is 0 Å². The standard InChI is InChI=1S/C22H35N3O2/c1-4-23-21(25-12-9-19(15-25)16-26-3)24-17-22(10-13-27-14-11-22)20-8-6-5-7-18(20)2/h5-8,19H,4,9-17H2,1-3H3,(H,23,24). The molecule has 0 amide bonds. The molecular weight excluding hydrogens is 338 g/mol. The molecule has 1 N–H and O–H groups in total. The number of nitrogens with zero attached hydrogens (tertiary/aromatic N) is 2. The maximum absolute atomic E-state index is 5.69. The van der Waals surface area contributed by atoms with E-state index in [9.17, 15) is 0 Å². The number of hydrogen-bond donors (Lipinski definition) is 1. The molecule has 1 atom stereocenters. The number of methoxy groups -OCH3 is 1. The fraction of sp³-hybridized carbons (Fsp3) is 0.682. The minimum absolute atomic E-state index is 0.0793. The van der Waals surface area contributed by atoms with Gasteiger partial charge in [0.05, 0.1) is 13.2 Å². The van der Waals surface area contributed by atoms with Gasteiger partial charge in [-0.25, -0.2) is 0 Å². The molecule has 0 aliphatic carbocycles. The molecular formula is C22H35N3O2. The molecule has 0 radical (unpaired) electrons. The summed E-state index contributed by atoms with van der Waals surface area (Å²) in [6.07, 6.45) is 3.25. The summed E-state index contributed by atoms with van der Waals surface area (Å²) in [5.41, 5.74) is 2.88. The highest BCUT2D eigenvalue weighted by Crippen LogP contribution is 2.37. The van der Waals surface area contributed by atoms with Crippen LogP contribution in [0.5, 0.6) is 0 Å². The van der Waals surface area contributed by atoms with Gasteiger partial charge in [0.25, 0.3) is 0 Å². The van der Waals surface area contributed by atoms with E-state index in [0.717, 1.165) is 64.8 Å². The molecule has 1 aromatic carbocycles. The van der Waals surface area contributed by atoms with E-state index in [0.29, 0.717) is 5.92 Å². The van der Waals surface area contributed by atoms with Gasteiger partial charge in [-0.3, -0.25) is 4.99 Å². The number of guanidine groups is 1. The molecule has 27 heavy (non-hydrogen) atoms. The molecule has 0 spiro atoms. The second-order valence-electron chi connectivity index (χ2n) is 7.93. The number of likely N-dealkylation sites (tertiary alicyclic amines) is 1. The van der Waals surface area contributed by atoms with Crippen molar-refractivity contribution in [3.63, 3.8) is 0 Å². The number of rotatable bonds is 6. The highest BCUT2D eigenvalue weighted by Gasteiger charge is 2.36. The Bertz CT molecular complexity index is 626. The Kier molecular flexibility index (Phi) is 7.13. The summed E-state index contributed by atoms with van der Waals surface area (Å²) in [6, 6.07) is 8.79. The number of nitrogens with one attached hydrogen (secondary N) is 1. The van der Waals surface area contributed by atoms with E-state index in [1.807, 2.05) is 0 Å². The van der Waals surface area contributed by atoms with Crippen LogP contribution in [-0.2, 0) is 14.9 Å². The molecule has 0 bridgehead atoms. The van der Waals surface area contributed by atoms with Crippen molar-refractivity contribution in [3.05, 3.63) is 35.4 Å². The van der Waals surface area contributed by atoms with Crippen molar-refractivity contribution in [2.24, 2.45) is 10.9 Å². The summed E-state index contributed by atoms with van der Waals surface area (Å²) >= 11 is 0. The van der Waals surface area contributed by atoms with Crippen molar-refractivity contribution in [3.8, 4) is 0 Å². The summed E-state index contributed by atoms with van der Waals surface area (Å²) in [5.74, 6) is 1.66. The predicted molar refractivity (Wildman–Crippen MR) is 110 cm³/mol. The highest BCUT2D eigenvalue weighted by atomic mass is 16.5. The van der Waals surface area contributed by atoms with E-state index >= 15 is 0 Å². The summed E-state index contributed by atoms with van der Waals surface area (Å²) < 4.78 is 11.0. The third-order valence-electron chi connectivity index (χ3n) is 6.02. The lowest BCUT2D eigenvalue weighted by Gasteiger charge is -2.38. The lowest BCUT2D eigenvalue weighted by atomic mass is 9.72. The van der Waals surface area contributed by atoms with E-state index < -0.39 is 0 Å². The molecule has 0 aromatic heterocycles. The monoisotopic (exact) mass is 373 g/mol. The smallest absolute Gasteiger partial charge is 0.193 e. The van der Waals surface area contributed by atoms with Gasteiger partial charge in [0.2, 0.25) is 0 Å². The van der Waals surface area contributed by atoms with E-state index in [2.05, 4.69) is 48.3 Å². The molecule has 1 unspecified atom stereocenters. The van der Waals surface area contributed by atoms with Crippen LogP contribution in [0.3, 0.4) is 0 Å². The highest BCUT2D eigenvalue weighted by molar-refractivity contribution is 5.80. The van der Waals surface area contributed by atoms with E-state index in [-0.39, 0.29) is 5.41 Å². The van der Waals surface area contributed by atoms with Crippen molar-refractivity contribution in [2.45, 2.75) is 38.5 Å². The Labute approximate surface area is 164 Å². The van der Waals surface area contributed by atoms with Gasteiger partial charge in [0.1, 0.15) is 0 Å². The van der Waals surface area contributed by atoms with E-state index in [1.165, 1.54) is 17.5 Å². The summed E-state index contributed by atoms with van der Waals surface area (Å²) in [5, 5.41) is 3.51. The number of benzene rings is 1. The number of aliphatic imine (C=N–C) groups is 1. The van der Waals surface area contributed by atoms with Gasteiger partial charge >= 0.3 is 0 Å². The Hall–Kier alpha value is -1.59. The quantitative estimate of drug-likeness (QED) is 0.615. The number of ether oxygens (including phenoxy) is 2. The number of hydrogen-bond acceptors (Lipinski definition) is 3. The summed E-state index contributed by atoms with van der Waals surface area (Å²) in [7, 11) is 1.79. The van der Waals surface area contributed by atoms with Gasteiger partial charge < -0.3 is 19.7 Å². The lowest BCUT2D eigenvalue weighted by Crippen LogP contribution is -2.43. The first kappa shape index (κ1) is 20.2. The molecule has 2 aliphatic rings. The second kappa shape index (κ2) is 9.56. The zero-order chi connectivity index (χ0) is 19.1. The number of aryl methyl sites for hydroxylation is 1. The van der Waals surface area contributed by atoms with Gasteiger partial charge in [0, 0.05) is 51.3 Å². The molecule has 2 saturated heterocycles. The van der Waals surface area contributed by atoms with Crippen LogP contribution in [0.2, 0.25) is 0 Å². The molecule has 2 fully saturated rings. The fourth-order valence-corrected chi connectivity index (χ4v) is 4.49. The lowest BCUT2D eigenvalue weighted by molar-refractivity contribution is 0.0528. The normalized spacial score (nSPS) is 22.9. The van der Waals surface area contributed by atoms with Crippen molar-refractivity contribution in [1.29, 1.82) is 0 Å². The second-order valence-corrected chi connectivity index (χ2v) is 7.93. The summed E-state index contributed by atoms with van der Waals surface area (Å²) in [6.45, 7) is 10.6. The van der Waals surface area contributed by atoms with Gasteiger partial charge in [0.15, 0.2) is 5.96 Å². The Morgan fingerprint density at radius 2 is 2.11 bits per heavy atom. The third kappa shape index (κ3) is 4.82. The molecule has 1 aromatic rings. The molecule has 2 heterocycles. The topological polar surface area (TPSA) is 46.1 Å². The molecule has 0 saturated carbocycles. The molecule has 5 heteroatoms. The SMILES string of the molecule is CCNC(=NCC1(c2ccccc2C)CCOCC1)N1CCC(COC)C1. The largest absolute Gasteiger partial charge is 0.384 e. The van der Waals surface area contributed by atoms with Crippen LogP contribution in [0, 0.1) is 12.8 Å². The maximum Gasteiger partial charge on any atom is 0.193 e. The zero-order valence-corrected chi connectivity index (χ0v) is 17.2. The van der Waals surface area contributed by atoms with Gasteiger partial charge in [-0.1, -0.05) is 24.3 Å². The first-order chi connectivity index (χ1) is 13.2. The van der Waals surface area contributed by atoms with Crippen LogP contribution in [0.4, 0.5) is 0 Å². The van der Waals surface area contributed by atoms with Gasteiger partial charge in [-0.15, -0.1) is 0 Å². The van der Waals surface area contributed by atoms with Crippen molar-refractivity contribution in [2.75, 3.05) is 53.1 Å². The predicted octanol–water partition coefficient (Wildman–Crippen LogP) is 2.98. The van der Waals surface area contributed by atoms with Gasteiger partial charge in [-0.05, 0) is 44.2 Å². The first-order valence-electron chi connectivity index (χ1n) is 10.3. The minimum atomic E-state index is 0.0793. The van der Waals surface area contributed by atoms with Crippen molar-refractivity contribution in [1.82, 2.24) is 10.2 Å². The van der Waals surface area contributed by atoms with Crippen LogP contribution < -0.4 is 5.32 Å². The zero-order valence-electron chi connectivity index (χ0n) is 17.2. The summed E-state index contributed by atoms with van der Waals surface area (Å²) in [4.78, 5) is 7.54. The first-order valence-corrected chi connectivity index (χ1v) is 10.3. The van der Waals surface area contributed by atoms with E-state index in [1.54, 1.807) is 7.11 Å². The molecule has 3 rings (SSSR count). The molecule has 150 valence electrons.